The lowest BCUT2D eigenvalue weighted by molar-refractivity contribution is 0.191. The number of hydrogen-bond acceptors (Lipinski definition) is 1. The SMILES string of the molecule is C[Si](C)(C)C#CC1(NC(=O)O)CC1. The van der Waals surface area contributed by atoms with Gasteiger partial charge in [-0.2, -0.15) is 0 Å². The van der Waals surface area contributed by atoms with Crippen LogP contribution in [0.15, 0.2) is 0 Å². The molecule has 0 heterocycles. The van der Waals surface area contributed by atoms with Gasteiger partial charge in [0.05, 0.1) is 0 Å². The van der Waals surface area contributed by atoms with Crippen LogP contribution in [0.1, 0.15) is 12.8 Å². The van der Waals surface area contributed by atoms with Crippen molar-refractivity contribution in [3.63, 3.8) is 0 Å². The minimum absolute atomic E-state index is 0.397. The van der Waals surface area contributed by atoms with Crippen molar-refractivity contribution < 1.29 is 9.90 Å². The van der Waals surface area contributed by atoms with Gasteiger partial charge in [-0.1, -0.05) is 25.6 Å². The summed E-state index contributed by atoms with van der Waals surface area (Å²) in [6.45, 7) is 6.45. The van der Waals surface area contributed by atoms with Crippen molar-refractivity contribution in [1.29, 1.82) is 0 Å². The second-order valence-corrected chi connectivity index (χ2v) is 9.26. The highest BCUT2D eigenvalue weighted by Gasteiger charge is 2.42. The summed E-state index contributed by atoms with van der Waals surface area (Å²) in [4.78, 5) is 10.4. The molecule has 1 aliphatic rings. The summed E-state index contributed by atoms with van der Waals surface area (Å²) in [6, 6.07) is 0. The Balaban J connectivity index is 2.61. The largest absolute Gasteiger partial charge is 0.465 e. The van der Waals surface area contributed by atoms with Gasteiger partial charge in [0.25, 0.3) is 0 Å². The molecule has 3 nitrogen and oxygen atoms in total. The molecular weight excluding hydrogens is 182 g/mol. The molecule has 1 fully saturated rings. The summed E-state index contributed by atoms with van der Waals surface area (Å²) >= 11 is 0. The molecule has 1 amide bonds. The maximum atomic E-state index is 10.4. The van der Waals surface area contributed by atoms with Gasteiger partial charge in [-0.25, -0.2) is 4.79 Å². The van der Waals surface area contributed by atoms with E-state index in [1.54, 1.807) is 0 Å². The predicted octanol–water partition coefficient (Wildman–Crippen LogP) is 1.67. The molecule has 13 heavy (non-hydrogen) atoms. The first kappa shape index (κ1) is 10.1. The Morgan fingerprint density at radius 3 is 2.31 bits per heavy atom. The van der Waals surface area contributed by atoms with Crippen molar-refractivity contribution >= 4 is 14.2 Å². The molecule has 0 spiro atoms. The summed E-state index contributed by atoms with van der Waals surface area (Å²) in [5.41, 5.74) is 2.80. The van der Waals surface area contributed by atoms with Crippen molar-refractivity contribution in [2.45, 2.75) is 38.0 Å². The number of nitrogens with one attached hydrogen (secondary N) is 1. The van der Waals surface area contributed by atoms with Gasteiger partial charge in [-0.3, -0.25) is 0 Å². The summed E-state index contributed by atoms with van der Waals surface area (Å²) in [6.07, 6.45) is 0.746. The monoisotopic (exact) mass is 197 g/mol. The number of carboxylic acid groups (broad SMARTS) is 1. The lowest BCUT2D eigenvalue weighted by Gasteiger charge is -2.09. The van der Waals surface area contributed by atoms with E-state index in [0.717, 1.165) is 12.8 Å². The van der Waals surface area contributed by atoms with Crippen LogP contribution in [-0.2, 0) is 0 Å². The Hall–Kier alpha value is -0.953. The van der Waals surface area contributed by atoms with E-state index in [-0.39, 0.29) is 0 Å². The molecule has 0 radical (unpaired) electrons. The van der Waals surface area contributed by atoms with Crippen LogP contribution in [0.5, 0.6) is 0 Å². The molecule has 0 aromatic carbocycles. The molecular formula is C9H15NO2Si. The summed E-state index contributed by atoms with van der Waals surface area (Å²) in [5.74, 6) is 3.06. The maximum absolute atomic E-state index is 10.4. The zero-order chi connectivity index (χ0) is 10.1. The smallest absolute Gasteiger partial charge is 0.405 e. The van der Waals surface area contributed by atoms with Crippen LogP contribution in [-0.4, -0.2) is 24.8 Å². The fourth-order valence-electron chi connectivity index (χ4n) is 0.918. The maximum Gasteiger partial charge on any atom is 0.405 e. The molecule has 0 unspecified atom stereocenters. The summed E-state index contributed by atoms with van der Waals surface area (Å²) in [7, 11) is -1.37. The Morgan fingerprint density at radius 1 is 1.46 bits per heavy atom. The fourth-order valence-corrected chi connectivity index (χ4v) is 1.53. The predicted molar refractivity (Wildman–Crippen MR) is 54.2 cm³/mol. The second kappa shape index (κ2) is 3.07. The first-order chi connectivity index (χ1) is 5.83. The van der Waals surface area contributed by atoms with E-state index < -0.39 is 19.7 Å². The van der Waals surface area contributed by atoms with E-state index in [0.29, 0.717) is 0 Å². The lowest BCUT2D eigenvalue weighted by Crippen LogP contribution is -2.35. The normalized spacial score (nSPS) is 18.4. The molecule has 1 aliphatic carbocycles. The third-order valence-electron chi connectivity index (χ3n) is 1.77. The minimum Gasteiger partial charge on any atom is -0.465 e. The average Bonchev–Trinajstić information content (AvgIpc) is 2.63. The van der Waals surface area contributed by atoms with Gasteiger partial charge < -0.3 is 10.4 Å². The molecule has 2 N–H and O–H groups in total. The van der Waals surface area contributed by atoms with Crippen LogP contribution in [0.4, 0.5) is 4.79 Å². The molecule has 0 aromatic rings. The summed E-state index contributed by atoms with van der Waals surface area (Å²) < 4.78 is 0. The van der Waals surface area contributed by atoms with Crippen molar-refractivity contribution in [3.8, 4) is 11.5 Å². The molecule has 0 aromatic heterocycles. The van der Waals surface area contributed by atoms with E-state index in [1.165, 1.54) is 0 Å². The van der Waals surface area contributed by atoms with E-state index in [2.05, 4.69) is 36.4 Å². The minimum atomic E-state index is -1.37. The molecule has 0 saturated heterocycles. The van der Waals surface area contributed by atoms with Gasteiger partial charge in [0.1, 0.15) is 13.6 Å². The quantitative estimate of drug-likeness (QED) is 0.496. The van der Waals surface area contributed by atoms with E-state index in [1.807, 2.05) is 0 Å². The zero-order valence-electron chi connectivity index (χ0n) is 8.27. The van der Waals surface area contributed by atoms with E-state index >= 15 is 0 Å². The zero-order valence-corrected chi connectivity index (χ0v) is 9.27. The second-order valence-electron chi connectivity index (χ2n) is 4.51. The van der Waals surface area contributed by atoms with Gasteiger partial charge in [-0.05, 0) is 12.8 Å². The highest BCUT2D eigenvalue weighted by Crippen LogP contribution is 2.34. The van der Waals surface area contributed by atoms with Gasteiger partial charge in [0, 0.05) is 0 Å². The standard InChI is InChI=1S/C9H15NO2Si/c1-13(2,3)7-6-9(4-5-9)10-8(11)12/h10H,4-5H2,1-3H3,(H,11,12). The van der Waals surface area contributed by atoms with Crippen LogP contribution in [0.25, 0.3) is 0 Å². The third kappa shape index (κ3) is 3.51. The first-order valence-corrected chi connectivity index (χ1v) is 7.88. The number of amides is 1. The van der Waals surface area contributed by atoms with E-state index in [4.69, 9.17) is 5.11 Å². The molecule has 0 aliphatic heterocycles. The molecule has 4 heteroatoms. The van der Waals surface area contributed by atoms with Crippen molar-refractivity contribution in [3.05, 3.63) is 0 Å². The molecule has 1 rings (SSSR count). The fraction of sp³-hybridized carbons (Fsp3) is 0.667. The average molecular weight is 197 g/mol. The highest BCUT2D eigenvalue weighted by atomic mass is 28.3. The first-order valence-electron chi connectivity index (χ1n) is 4.38. The molecule has 1 saturated carbocycles. The molecule has 0 atom stereocenters. The Bertz CT molecular complexity index is 278. The van der Waals surface area contributed by atoms with Crippen molar-refractivity contribution in [1.82, 2.24) is 5.32 Å². The van der Waals surface area contributed by atoms with Crippen LogP contribution in [0.2, 0.25) is 19.6 Å². The van der Waals surface area contributed by atoms with Crippen LogP contribution >= 0.6 is 0 Å². The van der Waals surface area contributed by atoms with Gasteiger partial charge >= 0.3 is 6.09 Å². The highest BCUT2D eigenvalue weighted by molar-refractivity contribution is 6.83. The van der Waals surface area contributed by atoms with Gasteiger partial charge in [0.15, 0.2) is 0 Å². The Kier molecular flexibility index (Phi) is 2.40. The van der Waals surface area contributed by atoms with Crippen LogP contribution in [0.3, 0.4) is 0 Å². The molecule has 72 valence electrons. The number of rotatable bonds is 1. The van der Waals surface area contributed by atoms with Gasteiger partial charge in [0.2, 0.25) is 0 Å². The van der Waals surface area contributed by atoms with Crippen molar-refractivity contribution in [2.24, 2.45) is 0 Å². The van der Waals surface area contributed by atoms with E-state index in [9.17, 15) is 4.79 Å². The lowest BCUT2D eigenvalue weighted by atomic mass is 10.3. The topological polar surface area (TPSA) is 49.3 Å². The summed E-state index contributed by atoms with van der Waals surface area (Å²) in [5, 5.41) is 11.0. The van der Waals surface area contributed by atoms with Gasteiger partial charge in [-0.15, -0.1) is 5.54 Å². The van der Waals surface area contributed by atoms with Crippen molar-refractivity contribution in [2.75, 3.05) is 0 Å². The Morgan fingerprint density at radius 2 is 2.00 bits per heavy atom. The van der Waals surface area contributed by atoms with Crippen LogP contribution in [0, 0.1) is 11.5 Å². The number of hydrogen-bond donors (Lipinski definition) is 2. The number of carbonyl (C=O) groups is 1. The third-order valence-corrected chi connectivity index (χ3v) is 2.65. The Labute approximate surface area is 79.5 Å². The molecule has 0 bridgehead atoms. The van der Waals surface area contributed by atoms with Crippen LogP contribution < -0.4 is 5.32 Å².